The average molecular weight is 272 g/mol. The maximum atomic E-state index is 11.9. The minimum absolute atomic E-state index is 0.162. The minimum Gasteiger partial charge on any atom is -0.319 e. The minimum atomic E-state index is -0.298. The Morgan fingerprint density at radius 3 is 2.60 bits per heavy atom. The maximum Gasteiger partial charge on any atom is 0.295 e. The van der Waals surface area contributed by atoms with Gasteiger partial charge in [0.1, 0.15) is 5.82 Å². The SMILES string of the molecule is CCCCCc1ccc(NC(=O)c2n[nH]c(C)n2)cc1. The number of nitrogens with one attached hydrogen (secondary N) is 2. The Morgan fingerprint density at radius 2 is 2.00 bits per heavy atom. The topological polar surface area (TPSA) is 70.7 Å². The molecule has 0 spiro atoms. The predicted octanol–water partition coefficient (Wildman–Crippen LogP) is 3.10. The third-order valence-electron chi connectivity index (χ3n) is 3.08. The molecule has 106 valence electrons. The van der Waals surface area contributed by atoms with Crippen LogP contribution in [-0.4, -0.2) is 21.1 Å². The lowest BCUT2D eigenvalue weighted by atomic mass is 10.1. The molecule has 1 aromatic carbocycles. The number of carbonyl (C=O) groups excluding carboxylic acids is 1. The maximum absolute atomic E-state index is 11.9. The van der Waals surface area contributed by atoms with E-state index in [0.717, 1.165) is 12.1 Å². The van der Waals surface area contributed by atoms with Crippen LogP contribution < -0.4 is 5.32 Å². The fourth-order valence-electron chi connectivity index (χ4n) is 1.97. The lowest BCUT2D eigenvalue weighted by Gasteiger charge is -2.05. The van der Waals surface area contributed by atoms with Crippen LogP contribution in [0.1, 0.15) is 48.2 Å². The third kappa shape index (κ3) is 3.91. The highest BCUT2D eigenvalue weighted by Gasteiger charge is 2.10. The molecule has 1 heterocycles. The fourth-order valence-corrected chi connectivity index (χ4v) is 1.97. The summed E-state index contributed by atoms with van der Waals surface area (Å²) in [5, 5.41) is 9.26. The molecular formula is C15H20N4O. The third-order valence-corrected chi connectivity index (χ3v) is 3.08. The highest BCUT2D eigenvalue weighted by Crippen LogP contribution is 2.13. The standard InChI is InChI=1S/C15H20N4O/c1-3-4-5-6-12-7-9-13(10-8-12)17-15(20)14-16-11(2)18-19-14/h7-10H,3-6H2,1-2H3,(H,17,20)(H,16,18,19). The average Bonchev–Trinajstić information content (AvgIpc) is 2.88. The fraction of sp³-hybridized carbons (Fsp3) is 0.400. The van der Waals surface area contributed by atoms with Crippen LogP contribution in [0.25, 0.3) is 0 Å². The molecule has 0 atom stereocenters. The zero-order chi connectivity index (χ0) is 14.4. The summed E-state index contributed by atoms with van der Waals surface area (Å²) >= 11 is 0. The van der Waals surface area contributed by atoms with Gasteiger partial charge in [0.25, 0.3) is 5.91 Å². The van der Waals surface area contributed by atoms with E-state index < -0.39 is 0 Å². The van der Waals surface area contributed by atoms with Crippen molar-refractivity contribution in [2.24, 2.45) is 0 Å². The van der Waals surface area contributed by atoms with E-state index in [0.29, 0.717) is 5.82 Å². The Hall–Kier alpha value is -2.17. The first kappa shape index (κ1) is 14.2. The van der Waals surface area contributed by atoms with Crippen molar-refractivity contribution in [1.29, 1.82) is 0 Å². The lowest BCUT2D eigenvalue weighted by Crippen LogP contribution is -2.13. The Kier molecular flexibility index (Phi) is 4.87. The number of anilines is 1. The van der Waals surface area contributed by atoms with Gasteiger partial charge < -0.3 is 5.32 Å². The molecule has 0 saturated heterocycles. The number of benzene rings is 1. The largest absolute Gasteiger partial charge is 0.319 e. The number of aryl methyl sites for hydroxylation is 2. The summed E-state index contributed by atoms with van der Waals surface area (Å²) in [5.74, 6) is 0.490. The van der Waals surface area contributed by atoms with Crippen LogP contribution in [0.2, 0.25) is 0 Å². The van der Waals surface area contributed by atoms with Gasteiger partial charge in [-0.1, -0.05) is 31.9 Å². The molecule has 5 nitrogen and oxygen atoms in total. The molecule has 20 heavy (non-hydrogen) atoms. The molecule has 2 rings (SSSR count). The van der Waals surface area contributed by atoms with Crippen LogP contribution in [0.5, 0.6) is 0 Å². The van der Waals surface area contributed by atoms with Crippen molar-refractivity contribution in [3.05, 3.63) is 41.5 Å². The van der Waals surface area contributed by atoms with Gasteiger partial charge in [0, 0.05) is 5.69 Å². The summed E-state index contributed by atoms with van der Waals surface area (Å²) in [7, 11) is 0. The lowest BCUT2D eigenvalue weighted by molar-refractivity contribution is 0.101. The van der Waals surface area contributed by atoms with Gasteiger partial charge in [0.05, 0.1) is 0 Å². The van der Waals surface area contributed by atoms with E-state index in [-0.39, 0.29) is 11.7 Å². The van der Waals surface area contributed by atoms with Crippen molar-refractivity contribution >= 4 is 11.6 Å². The molecule has 5 heteroatoms. The number of hydrogen-bond donors (Lipinski definition) is 2. The molecule has 1 aromatic heterocycles. The number of nitrogens with zero attached hydrogens (tertiary/aromatic N) is 2. The second-order valence-electron chi connectivity index (χ2n) is 4.85. The molecular weight excluding hydrogens is 252 g/mol. The highest BCUT2D eigenvalue weighted by molar-refractivity contribution is 6.01. The highest BCUT2D eigenvalue weighted by atomic mass is 16.2. The van der Waals surface area contributed by atoms with E-state index in [1.807, 2.05) is 12.1 Å². The van der Waals surface area contributed by atoms with Crippen molar-refractivity contribution in [2.45, 2.75) is 39.5 Å². The van der Waals surface area contributed by atoms with Crippen LogP contribution in [0.3, 0.4) is 0 Å². The number of amides is 1. The Labute approximate surface area is 118 Å². The van der Waals surface area contributed by atoms with Crippen molar-refractivity contribution < 1.29 is 4.79 Å². The summed E-state index contributed by atoms with van der Waals surface area (Å²) in [4.78, 5) is 15.9. The summed E-state index contributed by atoms with van der Waals surface area (Å²) in [6.07, 6.45) is 4.77. The smallest absolute Gasteiger partial charge is 0.295 e. The van der Waals surface area contributed by atoms with Crippen molar-refractivity contribution in [3.8, 4) is 0 Å². The van der Waals surface area contributed by atoms with Crippen LogP contribution in [0.15, 0.2) is 24.3 Å². The van der Waals surface area contributed by atoms with Gasteiger partial charge in [-0.3, -0.25) is 9.89 Å². The predicted molar refractivity (Wildman–Crippen MR) is 78.7 cm³/mol. The number of hydrogen-bond acceptors (Lipinski definition) is 3. The van der Waals surface area contributed by atoms with Gasteiger partial charge in [-0.2, -0.15) is 0 Å². The zero-order valence-electron chi connectivity index (χ0n) is 11.9. The van der Waals surface area contributed by atoms with Gasteiger partial charge in [0.2, 0.25) is 5.82 Å². The normalized spacial score (nSPS) is 10.5. The zero-order valence-corrected chi connectivity index (χ0v) is 11.9. The summed E-state index contributed by atoms with van der Waals surface area (Å²) in [5.41, 5.74) is 2.06. The summed E-state index contributed by atoms with van der Waals surface area (Å²) in [6.45, 7) is 3.96. The van der Waals surface area contributed by atoms with E-state index >= 15 is 0 Å². The molecule has 0 unspecified atom stereocenters. The number of aromatic amines is 1. The van der Waals surface area contributed by atoms with E-state index in [1.165, 1.54) is 24.8 Å². The van der Waals surface area contributed by atoms with Gasteiger partial charge >= 0.3 is 0 Å². The van der Waals surface area contributed by atoms with Gasteiger partial charge in [0.15, 0.2) is 0 Å². The van der Waals surface area contributed by atoms with Crippen molar-refractivity contribution in [3.63, 3.8) is 0 Å². The number of H-pyrrole nitrogens is 1. The Morgan fingerprint density at radius 1 is 1.25 bits per heavy atom. The number of carbonyl (C=O) groups is 1. The number of aromatic nitrogens is 3. The first-order valence-corrected chi connectivity index (χ1v) is 6.98. The number of unbranched alkanes of at least 4 members (excludes halogenated alkanes) is 2. The van der Waals surface area contributed by atoms with Gasteiger partial charge in [-0.15, -0.1) is 5.10 Å². The first-order chi connectivity index (χ1) is 9.69. The molecule has 1 amide bonds. The molecule has 0 saturated carbocycles. The van der Waals surface area contributed by atoms with Crippen LogP contribution >= 0.6 is 0 Å². The van der Waals surface area contributed by atoms with Crippen molar-refractivity contribution in [1.82, 2.24) is 15.2 Å². The number of rotatable bonds is 6. The molecule has 0 radical (unpaired) electrons. The molecule has 0 aliphatic carbocycles. The summed E-state index contributed by atoms with van der Waals surface area (Å²) < 4.78 is 0. The van der Waals surface area contributed by atoms with Gasteiger partial charge in [-0.05, 0) is 37.5 Å². The molecule has 0 aliphatic heterocycles. The quantitative estimate of drug-likeness (QED) is 0.794. The molecule has 0 bridgehead atoms. The van der Waals surface area contributed by atoms with Gasteiger partial charge in [-0.25, -0.2) is 4.98 Å². The Bertz CT molecular complexity index is 560. The van der Waals surface area contributed by atoms with Crippen molar-refractivity contribution in [2.75, 3.05) is 5.32 Å². The molecule has 0 fully saturated rings. The Balaban J connectivity index is 1.91. The van der Waals surface area contributed by atoms with Crippen LogP contribution in [0.4, 0.5) is 5.69 Å². The molecule has 2 aromatic rings. The second-order valence-corrected chi connectivity index (χ2v) is 4.85. The second kappa shape index (κ2) is 6.84. The summed E-state index contributed by atoms with van der Waals surface area (Å²) in [6, 6.07) is 7.93. The van der Waals surface area contributed by atoms with E-state index in [9.17, 15) is 4.79 Å². The van der Waals surface area contributed by atoms with E-state index in [1.54, 1.807) is 6.92 Å². The molecule has 2 N–H and O–H groups in total. The van der Waals surface area contributed by atoms with Crippen LogP contribution in [0, 0.1) is 6.92 Å². The first-order valence-electron chi connectivity index (χ1n) is 6.98. The van der Waals surface area contributed by atoms with E-state index in [2.05, 4.69) is 39.6 Å². The van der Waals surface area contributed by atoms with Crippen LogP contribution in [-0.2, 0) is 6.42 Å². The van der Waals surface area contributed by atoms with E-state index in [4.69, 9.17) is 0 Å². The molecule has 0 aliphatic rings. The monoisotopic (exact) mass is 272 g/mol.